The van der Waals surface area contributed by atoms with Gasteiger partial charge in [0.2, 0.25) is 10.0 Å². The lowest BCUT2D eigenvalue weighted by Gasteiger charge is -2.07. The van der Waals surface area contributed by atoms with Gasteiger partial charge in [0.05, 0.1) is 11.4 Å². The molecule has 1 N–H and O–H groups in total. The summed E-state index contributed by atoms with van der Waals surface area (Å²) in [5.74, 6) is 0. The quantitative estimate of drug-likeness (QED) is 0.786. The van der Waals surface area contributed by atoms with E-state index in [1.54, 1.807) is 38.0 Å². The van der Waals surface area contributed by atoms with Gasteiger partial charge in [0.25, 0.3) is 0 Å². The van der Waals surface area contributed by atoms with Crippen LogP contribution in [0.15, 0.2) is 12.4 Å². The van der Waals surface area contributed by atoms with Crippen LogP contribution in [0, 0.1) is 0 Å². The molecule has 80 valence electrons. The maximum absolute atomic E-state index is 11.4. The average Bonchev–Trinajstić information content (AvgIpc) is 2.48. The van der Waals surface area contributed by atoms with Gasteiger partial charge in [-0.25, -0.2) is 13.1 Å². The van der Waals surface area contributed by atoms with Gasteiger partial charge in [-0.1, -0.05) is 0 Å². The highest BCUT2D eigenvalue weighted by Crippen LogP contribution is 2.00. The van der Waals surface area contributed by atoms with E-state index < -0.39 is 15.3 Å². The second kappa shape index (κ2) is 4.10. The molecule has 0 amide bonds. The van der Waals surface area contributed by atoms with E-state index in [4.69, 9.17) is 0 Å². The highest BCUT2D eigenvalue weighted by Gasteiger charge is 2.14. The van der Waals surface area contributed by atoms with Crippen LogP contribution in [-0.4, -0.2) is 23.4 Å². The number of aromatic nitrogens is 2. The number of hydrogen-bond donors (Lipinski definition) is 1. The van der Waals surface area contributed by atoms with Crippen molar-refractivity contribution in [2.24, 2.45) is 7.05 Å². The maximum atomic E-state index is 11.4. The Balaban J connectivity index is 2.57. The molecule has 0 bridgehead atoms. The third kappa shape index (κ3) is 2.81. The van der Waals surface area contributed by atoms with Crippen LogP contribution in [0.5, 0.6) is 0 Å². The molecule has 1 heterocycles. The summed E-state index contributed by atoms with van der Waals surface area (Å²) in [6, 6.07) is 0. The van der Waals surface area contributed by atoms with Crippen LogP contribution in [-0.2, 0) is 23.6 Å². The molecule has 1 aromatic heterocycles. The lowest BCUT2D eigenvalue weighted by molar-refractivity contribution is 0.572. The SMILES string of the molecule is CC(C)S(=O)(=O)NCc1cnn(C)c1. The van der Waals surface area contributed by atoms with Crippen LogP contribution < -0.4 is 4.72 Å². The fraction of sp³-hybridized carbons (Fsp3) is 0.625. The lowest BCUT2D eigenvalue weighted by atomic mass is 10.4. The molecule has 1 aromatic rings. The van der Waals surface area contributed by atoms with Crippen molar-refractivity contribution < 1.29 is 8.42 Å². The highest BCUT2D eigenvalue weighted by atomic mass is 32.2. The van der Waals surface area contributed by atoms with Gasteiger partial charge in [0.1, 0.15) is 0 Å². The largest absolute Gasteiger partial charge is 0.275 e. The third-order valence-corrected chi connectivity index (χ3v) is 3.64. The zero-order valence-electron chi connectivity index (χ0n) is 8.56. The zero-order valence-corrected chi connectivity index (χ0v) is 9.37. The van der Waals surface area contributed by atoms with Crippen molar-refractivity contribution in [3.8, 4) is 0 Å². The normalized spacial score (nSPS) is 12.3. The van der Waals surface area contributed by atoms with Gasteiger partial charge in [-0.15, -0.1) is 0 Å². The maximum Gasteiger partial charge on any atom is 0.214 e. The van der Waals surface area contributed by atoms with E-state index in [-0.39, 0.29) is 0 Å². The summed E-state index contributed by atoms with van der Waals surface area (Å²) in [6.07, 6.45) is 3.42. The van der Waals surface area contributed by atoms with Gasteiger partial charge in [0.15, 0.2) is 0 Å². The fourth-order valence-corrected chi connectivity index (χ4v) is 1.61. The Kier molecular flexibility index (Phi) is 3.28. The smallest absolute Gasteiger partial charge is 0.214 e. The molecular formula is C8H15N3O2S. The minimum absolute atomic E-state index is 0.300. The first kappa shape index (κ1) is 11.2. The third-order valence-electron chi connectivity index (χ3n) is 1.86. The Morgan fingerprint density at radius 3 is 2.64 bits per heavy atom. The number of nitrogens with zero attached hydrogens (tertiary/aromatic N) is 2. The molecule has 0 unspecified atom stereocenters. The van der Waals surface area contributed by atoms with E-state index in [0.29, 0.717) is 6.54 Å². The molecule has 14 heavy (non-hydrogen) atoms. The van der Waals surface area contributed by atoms with Crippen molar-refractivity contribution >= 4 is 10.0 Å². The summed E-state index contributed by atoms with van der Waals surface area (Å²) in [4.78, 5) is 0. The Morgan fingerprint density at radius 1 is 1.57 bits per heavy atom. The molecule has 0 saturated heterocycles. The molecule has 0 aromatic carbocycles. The summed E-state index contributed by atoms with van der Waals surface area (Å²) in [6.45, 7) is 3.59. The van der Waals surface area contributed by atoms with E-state index in [1.165, 1.54) is 0 Å². The van der Waals surface area contributed by atoms with Gasteiger partial charge in [-0.3, -0.25) is 4.68 Å². The van der Waals surface area contributed by atoms with Crippen molar-refractivity contribution in [3.05, 3.63) is 18.0 Å². The topological polar surface area (TPSA) is 64.0 Å². The van der Waals surface area contributed by atoms with E-state index in [1.807, 2.05) is 0 Å². The second-order valence-electron chi connectivity index (χ2n) is 3.44. The molecule has 0 atom stereocenters. The monoisotopic (exact) mass is 217 g/mol. The van der Waals surface area contributed by atoms with Crippen LogP contribution in [0.4, 0.5) is 0 Å². The second-order valence-corrected chi connectivity index (χ2v) is 5.76. The standard InChI is InChI=1S/C8H15N3O2S/c1-7(2)14(12,13)10-5-8-4-9-11(3)6-8/h4,6-7,10H,5H2,1-3H3. The van der Waals surface area contributed by atoms with Gasteiger partial charge < -0.3 is 0 Å². The van der Waals surface area contributed by atoms with E-state index in [9.17, 15) is 8.42 Å². The Hall–Kier alpha value is -0.880. The number of rotatable bonds is 4. The number of aryl methyl sites for hydroxylation is 1. The number of nitrogens with one attached hydrogen (secondary N) is 1. The highest BCUT2D eigenvalue weighted by molar-refractivity contribution is 7.90. The van der Waals surface area contributed by atoms with Crippen molar-refractivity contribution in [3.63, 3.8) is 0 Å². The molecule has 0 aliphatic rings. The number of hydrogen-bond acceptors (Lipinski definition) is 3. The molecular weight excluding hydrogens is 202 g/mol. The first-order valence-corrected chi connectivity index (χ1v) is 5.92. The fourth-order valence-electron chi connectivity index (χ4n) is 0.914. The van der Waals surface area contributed by atoms with Crippen LogP contribution in [0.3, 0.4) is 0 Å². The summed E-state index contributed by atoms with van der Waals surface area (Å²) < 4.78 is 26.9. The number of sulfonamides is 1. The molecule has 0 radical (unpaired) electrons. The molecule has 0 saturated carbocycles. The molecule has 6 heteroatoms. The van der Waals surface area contributed by atoms with E-state index in [2.05, 4.69) is 9.82 Å². The summed E-state index contributed by atoms with van der Waals surface area (Å²) in [5.41, 5.74) is 0.858. The van der Waals surface area contributed by atoms with Gasteiger partial charge in [0, 0.05) is 25.4 Å². The molecule has 0 aliphatic carbocycles. The lowest BCUT2D eigenvalue weighted by Crippen LogP contribution is -2.30. The Morgan fingerprint density at radius 2 is 2.21 bits per heavy atom. The van der Waals surface area contributed by atoms with Crippen LogP contribution in [0.2, 0.25) is 0 Å². The molecule has 0 fully saturated rings. The zero-order chi connectivity index (χ0) is 10.8. The summed E-state index contributed by atoms with van der Waals surface area (Å²) in [5, 5.41) is 3.54. The van der Waals surface area contributed by atoms with Crippen LogP contribution in [0.25, 0.3) is 0 Å². The van der Waals surface area contributed by atoms with Gasteiger partial charge >= 0.3 is 0 Å². The van der Waals surface area contributed by atoms with Crippen molar-refractivity contribution in [1.29, 1.82) is 0 Å². The first-order valence-electron chi connectivity index (χ1n) is 4.38. The van der Waals surface area contributed by atoms with Crippen molar-refractivity contribution in [2.75, 3.05) is 0 Å². The molecule has 5 nitrogen and oxygen atoms in total. The molecule has 1 rings (SSSR count). The van der Waals surface area contributed by atoms with E-state index in [0.717, 1.165) is 5.56 Å². The Labute approximate surface area is 84.2 Å². The summed E-state index contributed by atoms with van der Waals surface area (Å²) >= 11 is 0. The molecule has 0 spiro atoms. The summed E-state index contributed by atoms with van der Waals surface area (Å²) in [7, 11) is -1.38. The van der Waals surface area contributed by atoms with Gasteiger partial charge in [-0.05, 0) is 13.8 Å². The average molecular weight is 217 g/mol. The Bertz CT molecular complexity index is 394. The van der Waals surface area contributed by atoms with Crippen molar-refractivity contribution in [1.82, 2.24) is 14.5 Å². The minimum atomic E-state index is -3.17. The van der Waals surface area contributed by atoms with Crippen molar-refractivity contribution in [2.45, 2.75) is 25.6 Å². The van der Waals surface area contributed by atoms with Gasteiger partial charge in [-0.2, -0.15) is 5.10 Å². The minimum Gasteiger partial charge on any atom is -0.275 e. The molecule has 0 aliphatic heterocycles. The first-order chi connectivity index (χ1) is 6.42. The predicted octanol–water partition coefficient (Wildman–Crippen LogP) is 0.248. The van der Waals surface area contributed by atoms with Crippen LogP contribution in [0.1, 0.15) is 19.4 Å². The predicted molar refractivity (Wildman–Crippen MR) is 54.1 cm³/mol. The van der Waals surface area contributed by atoms with E-state index >= 15 is 0 Å². The van der Waals surface area contributed by atoms with Crippen LogP contribution >= 0.6 is 0 Å².